The number of para-hydroxylation sites is 5. The van der Waals surface area contributed by atoms with Gasteiger partial charge in [-0.1, -0.05) is 97.1 Å². The first-order chi connectivity index (χ1) is 20.4. The van der Waals surface area contributed by atoms with E-state index in [1.165, 1.54) is 0 Å². The highest BCUT2D eigenvalue weighted by atomic mass is 15.3. The van der Waals surface area contributed by atoms with E-state index in [0.717, 1.165) is 66.7 Å². The van der Waals surface area contributed by atoms with Crippen LogP contribution in [0, 0.1) is 0 Å². The SMILES string of the molecule is c1ccc(-c2nc(-n3c4ccccc4c4c3n3c5ccccc5nc3n4-c3ccccc3)nc3ccccc23)cc1. The predicted molar refractivity (Wildman–Crippen MR) is 165 cm³/mol. The molecule has 0 aliphatic carbocycles. The molecule has 0 bridgehead atoms. The van der Waals surface area contributed by atoms with E-state index in [0.29, 0.717) is 5.95 Å². The molecular weight excluding hydrogens is 504 g/mol. The molecule has 6 nitrogen and oxygen atoms in total. The monoisotopic (exact) mass is 526 g/mol. The molecule has 9 rings (SSSR count). The molecule has 192 valence electrons. The number of benzene rings is 5. The first-order valence-electron chi connectivity index (χ1n) is 13.7. The van der Waals surface area contributed by atoms with Crippen molar-refractivity contribution in [2.24, 2.45) is 0 Å². The van der Waals surface area contributed by atoms with Gasteiger partial charge in [0.05, 0.1) is 27.8 Å². The zero-order valence-corrected chi connectivity index (χ0v) is 21.9. The molecule has 0 unspecified atom stereocenters. The second-order valence-electron chi connectivity index (χ2n) is 10.2. The molecule has 0 fully saturated rings. The first-order valence-corrected chi connectivity index (χ1v) is 13.7. The maximum atomic E-state index is 5.28. The summed E-state index contributed by atoms with van der Waals surface area (Å²) in [6.07, 6.45) is 0. The maximum Gasteiger partial charge on any atom is 0.237 e. The molecule has 9 aromatic rings. The Labute approximate surface area is 234 Å². The summed E-state index contributed by atoms with van der Waals surface area (Å²) in [6.45, 7) is 0. The Morgan fingerprint density at radius 2 is 1.10 bits per heavy atom. The van der Waals surface area contributed by atoms with Crippen molar-refractivity contribution in [3.05, 3.63) is 133 Å². The number of fused-ring (bicyclic) bond motifs is 8. The van der Waals surface area contributed by atoms with Crippen LogP contribution in [-0.4, -0.2) is 28.5 Å². The number of rotatable bonds is 3. The van der Waals surface area contributed by atoms with Gasteiger partial charge in [-0.2, -0.15) is 0 Å². The van der Waals surface area contributed by atoms with Gasteiger partial charge in [-0.25, -0.2) is 15.0 Å². The molecule has 0 saturated carbocycles. The summed E-state index contributed by atoms with van der Waals surface area (Å²) < 4.78 is 6.70. The molecule has 0 radical (unpaired) electrons. The number of aromatic nitrogens is 6. The summed E-state index contributed by atoms with van der Waals surface area (Å²) >= 11 is 0. The number of imidazole rings is 2. The minimum Gasteiger partial charge on any atom is -0.276 e. The van der Waals surface area contributed by atoms with Crippen molar-refractivity contribution in [2.45, 2.75) is 0 Å². The van der Waals surface area contributed by atoms with Gasteiger partial charge in [-0.05, 0) is 36.4 Å². The summed E-state index contributed by atoms with van der Waals surface area (Å²) in [5, 5.41) is 2.13. The fourth-order valence-electron chi connectivity index (χ4n) is 6.11. The Morgan fingerprint density at radius 3 is 1.90 bits per heavy atom. The molecule has 0 spiro atoms. The first kappa shape index (κ1) is 22.1. The van der Waals surface area contributed by atoms with E-state index in [1.54, 1.807) is 0 Å². The lowest BCUT2D eigenvalue weighted by Crippen LogP contribution is -2.04. The van der Waals surface area contributed by atoms with E-state index in [-0.39, 0.29) is 0 Å². The quantitative estimate of drug-likeness (QED) is 0.234. The van der Waals surface area contributed by atoms with Crippen LogP contribution in [-0.2, 0) is 0 Å². The van der Waals surface area contributed by atoms with Crippen LogP contribution in [0.5, 0.6) is 0 Å². The van der Waals surface area contributed by atoms with Gasteiger partial charge in [0.1, 0.15) is 5.52 Å². The van der Waals surface area contributed by atoms with Gasteiger partial charge in [0.15, 0.2) is 5.65 Å². The fraction of sp³-hybridized carbons (Fsp3) is 0. The summed E-state index contributed by atoms with van der Waals surface area (Å²) in [5.74, 6) is 1.48. The number of hydrogen-bond acceptors (Lipinski definition) is 3. The van der Waals surface area contributed by atoms with Gasteiger partial charge < -0.3 is 0 Å². The average molecular weight is 527 g/mol. The number of hydrogen-bond donors (Lipinski definition) is 0. The third kappa shape index (κ3) is 3.10. The van der Waals surface area contributed by atoms with Crippen molar-refractivity contribution in [1.82, 2.24) is 28.5 Å². The molecule has 6 heteroatoms. The fourth-order valence-corrected chi connectivity index (χ4v) is 6.11. The van der Waals surface area contributed by atoms with Gasteiger partial charge in [-0.15, -0.1) is 0 Å². The molecule has 0 aliphatic rings. The van der Waals surface area contributed by atoms with Gasteiger partial charge in [0.25, 0.3) is 0 Å². The Morgan fingerprint density at radius 1 is 0.463 bits per heavy atom. The minimum atomic E-state index is 0.624. The van der Waals surface area contributed by atoms with Crippen LogP contribution in [0.2, 0.25) is 0 Å². The minimum absolute atomic E-state index is 0.624. The van der Waals surface area contributed by atoms with Crippen LogP contribution in [0.1, 0.15) is 0 Å². The van der Waals surface area contributed by atoms with Crippen molar-refractivity contribution in [1.29, 1.82) is 0 Å². The van der Waals surface area contributed by atoms with E-state index in [4.69, 9.17) is 15.0 Å². The normalized spacial score (nSPS) is 11.9. The van der Waals surface area contributed by atoms with Gasteiger partial charge in [-0.3, -0.25) is 13.5 Å². The van der Waals surface area contributed by atoms with Crippen LogP contribution in [0.15, 0.2) is 133 Å². The lowest BCUT2D eigenvalue weighted by molar-refractivity contribution is 0.992. The van der Waals surface area contributed by atoms with Crippen LogP contribution in [0.25, 0.3) is 72.7 Å². The van der Waals surface area contributed by atoms with Crippen molar-refractivity contribution >= 4 is 49.8 Å². The standard InChI is InChI=1S/C35H22N6/c1-3-13-23(14-4-1)31-25-17-7-9-19-27(25)36-34(38-31)40-29-21-11-8-18-26(29)32-33(40)41-30-22-12-10-20-28(30)37-35(41)39(32)24-15-5-2-6-16-24/h1-22H. The Balaban J connectivity index is 1.51. The maximum absolute atomic E-state index is 5.28. The smallest absolute Gasteiger partial charge is 0.237 e. The molecule has 0 amide bonds. The predicted octanol–water partition coefficient (Wildman–Crippen LogP) is 7.99. The molecule has 41 heavy (non-hydrogen) atoms. The molecule has 0 N–H and O–H groups in total. The summed E-state index contributed by atoms with van der Waals surface area (Å²) in [7, 11) is 0. The Hall–Kier alpha value is -5.75. The molecule has 4 heterocycles. The van der Waals surface area contributed by atoms with Crippen LogP contribution in [0.4, 0.5) is 0 Å². The Bertz CT molecular complexity index is 2410. The topological polar surface area (TPSA) is 52.9 Å². The van der Waals surface area contributed by atoms with Gasteiger partial charge >= 0.3 is 0 Å². The lowest BCUT2D eigenvalue weighted by Gasteiger charge is -2.11. The second-order valence-corrected chi connectivity index (χ2v) is 10.2. The average Bonchev–Trinajstić information content (AvgIpc) is 3.67. The molecular formula is C35H22N6. The molecule has 0 aliphatic heterocycles. The summed E-state index contributed by atoms with van der Waals surface area (Å²) in [5.41, 5.74) is 8.98. The van der Waals surface area contributed by atoms with E-state index in [1.807, 2.05) is 30.3 Å². The van der Waals surface area contributed by atoms with E-state index in [9.17, 15) is 0 Å². The molecule has 0 atom stereocenters. The highest BCUT2D eigenvalue weighted by Gasteiger charge is 2.26. The third-order valence-corrected chi connectivity index (χ3v) is 7.86. The largest absolute Gasteiger partial charge is 0.276 e. The highest BCUT2D eigenvalue weighted by Crippen LogP contribution is 2.38. The van der Waals surface area contributed by atoms with Gasteiger partial charge in [0, 0.05) is 22.0 Å². The lowest BCUT2D eigenvalue weighted by atomic mass is 10.1. The zero-order chi connectivity index (χ0) is 26.9. The van der Waals surface area contributed by atoms with Crippen LogP contribution in [0.3, 0.4) is 0 Å². The second kappa shape index (κ2) is 8.37. The van der Waals surface area contributed by atoms with E-state index in [2.05, 4.69) is 117 Å². The van der Waals surface area contributed by atoms with Crippen LogP contribution >= 0.6 is 0 Å². The molecule has 4 aromatic heterocycles. The van der Waals surface area contributed by atoms with Crippen molar-refractivity contribution in [2.75, 3.05) is 0 Å². The number of nitrogens with zero attached hydrogens (tertiary/aromatic N) is 6. The van der Waals surface area contributed by atoms with Crippen molar-refractivity contribution < 1.29 is 0 Å². The van der Waals surface area contributed by atoms with Crippen molar-refractivity contribution in [3.63, 3.8) is 0 Å². The van der Waals surface area contributed by atoms with Crippen molar-refractivity contribution in [3.8, 4) is 22.9 Å². The summed E-state index contributed by atoms with van der Waals surface area (Å²) in [6, 6.07) is 45.8. The molecule has 5 aromatic carbocycles. The van der Waals surface area contributed by atoms with Gasteiger partial charge in [0.2, 0.25) is 11.7 Å². The molecule has 0 saturated heterocycles. The summed E-state index contributed by atoms with van der Waals surface area (Å²) in [4.78, 5) is 15.6. The zero-order valence-electron chi connectivity index (χ0n) is 21.9. The Kier molecular flexibility index (Phi) is 4.51. The highest BCUT2D eigenvalue weighted by molar-refractivity contribution is 6.10. The third-order valence-electron chi connectivity index (χ3n) is 7.86. The van der Waals surface area contributed by atoms with E-state index >= 15 is 0 Å². The van der Waals surface area contributed by atoms with Crippen LogP contribution < -0.4 is 0 Å². The van der Waals surface area contributed by atoms with E-state index < -0.39 is 0 Å².